The van der Waals surface area contributed by atoms with Crippen LogP contribution in [0.2, 0.25) is 0 Å². The lowest BCUT2D eigenvalue weighted by atomic mass is 10.4. The Labute approximate surface area is 165 Å². The number of hydroxylamine groups is 1. The number of halogens is 6. The van der Waals surface area contributed by atoms with Crippen molar-refractivity contribution in [1.29, 1.82) is 0 Å². The van der Waals surface area contributed by atoms with Gasteiger partial charge in [-0.05, 0) is 6.07 Å². The van der Waals surface area contributed by atoms with Crippen LogP contribution < -0.4 is 14.6 Å². The molecule has 0 bridgehead atoms. The highest BCUT2D eigenvalue weighted by Gasteiger charge is 2.36. The first-order valence-electron chi connectivity index (χ1n) is 8.12. The van der Waals surface area contributed by atoms with E-state index < -0.39 is 23.7 Å². The molecule has 14 heteroatoms. The molecule has 0 amide bonds. The summed E-state index contributed by atoms with van der Waals surface area (Å²) in [6, 6.07) is 4.21. The number of hydrogen-bond acceptors (Lipinski definition) is 6. The fourth-order valence-electron chi connectivity index (χ4n) is 2.31. The number of anilines is 1. The summed E-state index contributed by atoms with van der Waals surface area (Å²) in [5.74, 6) is -0.483. The average molecular weight is 436 g/mol. The minimum absolute atomic E-state index is 0.0827. The van der Waals surface area contributed by atoms with Crippen molar-refractivity contribution in [3.8, 4) is 17.6 Å². The van der Waals surface area contributed by atoms with E-state index in [9.17, 15) is 26.3 Å². The highest BCUT2D eigenvalue weighted by molar-refractivity contribution is 5.46. The summed E-state index contributed by atoms with van der Waals surface area (Å²) in [6.45, 7) is 0. The Hall–Kier alpha value is -3.45. The van der Waals surface area contributed by atoms with Crippen LogP contribution in [-0.4, -0.2) is 31.6 Å². The maximum Gasteiger partial charge on any atom is 0.435 e. The van der Waals surface area contributed by atoms with Gasteiger partial charge in [-0.15, -0.1) is 0 Å². The van der Waals surface area contributed by atoms with Crippen LogP contribution in [0.1, 0.15) is 11.4 Å². The minimum Gasteiger partial charge on any atom is -0.421 e. The van der Waals surface area contributed by atoms with Gasteiger partial charge in [-0.3, -0.25) is 0 Å². The van der Waals surface area contributed by atoms with Crippen LogP contribution in [0.25, 0.3) is 0 Å². The molecule has 0 atom stereocenters. The lowest BCUT2D eigenvalue weighted by Gasteiger charge is -2.19. The van der Waals surface area contributed by atoms with E-state index in [-0.39, 0.29) is 17.6 Å². The number of aryl methyl sites for hydroxylation is 2. The minimum atomic E-state index is -4.64. The molecule has 0 spiro atoms. The topological polar surface area (TPSA) is 70.2 Å². The molecule has 0 saturated heterocycles. The van der Waals surface area contributed by atoms with Gasteiger partial charge in [0.05, 0.1) is 5.69 Å². The second-order valence-electron chi connectivity index (χ2n) is 6.02. The van der Waals surface area contributed by atoms with Gasteiger partial charge in [0.15, 0.2) is 11.4 Å². The highest BCUT2D eigenvalue weighted by Crippen LogP contribution is 2.33. The second-order valence-corrected chi connectivity index (χ2v) is 6.02. The van der Waals surface area contributed by atoms with Crippen molar-refractivity contribution in [2.75, 3.05) is 12.1 Å². The number of pyridine rings is 1. The summed E-state index contributed by atoms with van der Waals surface area (Å²) in [5.41, 5.74) is -1.95. The lowest BCUT2D eigenvalue weighted by molar-refractivity contribution is -0.142. The average Bonchev–Trinajstić information content (AvgIpc) is 3.18. The van der Waals surface area contributed by atoms with Crippen molar-refractivity contribution < 1.29 is 35.9 Å². The Balaban J connectivity index is 1.77. The third-order valence-electron chi connectivity index (χ3n) is 3.78. The summed E-state index contributed by atoms with van der Waals surface area (Å²) < 4.78 is 83.7. The van der Waals surface area contributed by atoms with Crippen molar-refractivity contribution in [3.05, 3.63) is 41.9 Å². The summed E-state index contributed by atoms with van der Waals surface area (Å²) in [5, 5.41) is 7.78. The maximum absolute atomic E-state index is 12.8. The van der Waals surface area contributed by atoms with E-state index in [1.54, 1.807) is 0 Å². The number of hydrogen-bond donors (Lipinski definition) is 0. The molecule has 30 heavy (non-hydrogen) atoms. The quantitative estimate of drug-likeness (QED) is 0.448. The third kappa shape index (κ3) is 4.58. The van der Waals surface area contributed by atoms with Crippen LogP contribution in [-0.2, 0) is 26.4 Å². The van der Waals surface area contributed by atoms with Gasteiger partial charge < -0.3 is 9.57 Å². The highest BCUT2D eigenvalue weighted by atomic mass is 19.4. The van der Waals surface area contributed by atoms with Crippen molar-refractivity contribution in [2.45, 2.75) is 12.4 Å². The molecule has 8 nitrogen and oxygen atoms in total. The largest absolute Gasteiger partial charge is 0.435 e. The fourth-order valence-corrected chi connectivity index (χ4v) is 2.31. The summed E-state index contributed by atoms with van der Waals surface area (Å²) in [7, 11) is 3.95. The summed E-state index contributed by atoms with van der Waals surface area (Å²) in [4.78, 5) is 9.27. The molecule has 162 valence electrons. The Morgan fingerprint density at radius 2 is 1.40 bits per heavy atom. The Kier molecular flexibility index (Phi) is 5.26. The van der Waals surface area contributed by atoms with Crippen molar-refractivity contribution in [1.82, 2.24) is 24.5 Å². The number of ether oxygens (including phenoxy) is 1. The summed E-state index contributed by atoms with van der Waals surface area (Å²) >= 11 is 0. The lowest BCUT2D eigenvalue weighted by Crippen LogP contribution is -2.23. The predicted molar refractivity (Wildman–Crippen MR) is 89.8 cm³/mol. The van der Waals surface area contributed by atoms with Gasteiger partial charge in [0.2, 0.25) is 17.6 Å². The van der Waals surface area contributed by atoms with Gasteiger partial charge in [-0.2, -0.15) is 36.5 Å². The molecule has 0 N–H and O–H groups in total. The van der Waals surface area contributed by atoms with Crippen LogP contribution in [0, 0.1) is 0 Å². The molecule has 0 fully saturated rings. The first-order valence-corrected chi connectivity index (χ1v) is 8.12. The number of alkyl halides is 6. The monoisotopic (exact) mass is 436 g/mol. The zero-order chi connectivity index (χ0) is 22.3. The number of rotatable bonds is 5. The third-order valence-corrected chi connectivity index (χ3v) is 3.78. The molecule has 0 radical (unpaired) electrons. The van der Waals surface area contributed by atoms with E-state index in [1.165, 1.54) is 39.5 Å². The van der Waals surface area contributed by atoms with Gasteiger partial charge in [-0.25, -0.2) is 19.4 Å². The van der Waals surface area contributed by atoms with Gasteiger partial charge >= 0.3 is 12.4 Å². The normalized spacial score (nSPS) is 12.2. The molecule has 3 aromatic heterocycles. The number of aromatic nitrogens is 5. The smallest absolute Gasteiger partial charge is 0.421 e. The zero-order valence-electron chi connectivity index (χ0n) is 15.7. The molecule has 3 aromatic rings. The van der Waals surface area contributed by atoms with Crippen LogP contribution in [0.15, 0.2) is 30.5 Å². The maximum atomic E-state index is 12.8. The summed E-state index contributed by atoms with van der Waals surface area (Å²) in [6.07, 6.45) is -7.98. The molecule has 3 rings (SSSR count). The predicted octanol–water partition coefficient (Wildman–Crippen LogP) is 3.81. The second kappa shape index (κ2) is 7.42. The van der Waals surface area contributed by atoms with Crippen molar-refractivity contribution in [2.24, 2.45) is 14.1 Å². The standard InChI is InChI=1S/C16H14F6N6O2/c1-26-13(7-10(24-26)15(17,18)19)29-12-6-9(4-5-23-12)28(3)30-14-8-11(16(20,21)22)25-27(14)2/h4-8H,1-3H3. The van der Waals surface area contributed by atoms with Crippen molar-refractivity contribution >= 4 is 5.69 Å². The van der Waals surface area contributed by atoms with E-state index in [0.29, 0.717) is 11.8 Å². The van der Waals surface area contributed by atoms with Crippen molar-refractivity contribution in [3.63, 3.8) is 0 Å². The van der Waals surface area contributed by atoms with Crippen LogP contribution >= 0.6 is 0 Å². The SMILES string of the molecule is CN(Oc1cc(C(F)(F)F)nn1C)c1ccnc(Oc2cc(C(F)(F)F)nn2C)c1. The van der Waals surface area contributed by atoms with E-state index in [1.807, 2.05) is 0 Å². The molecule has 0 aliphatic rings. The Morgan fingerprint density at radius 3 is 1.93 bits per heavy atom. The molecular weight excluding hydrogens is 422 g/mol. The van der Waals surface area contributed by atoms with Crippen LogP contribution in [0.3, 0.4) is 0 Å². The van der Waals surface area contributed by atoms with E-state index in [0.717, 1.165) is 20.5 Å². The van der Waals surface area contributed by atoms with E-state index in [4.69, 9.17) is 9.57 Å². The van der Waals surface area contributed by atoms with E-state index in [2.05, 4.69) is 15.2 Å². The molecule has 0 saturated carbocycles. The molecule has 3 heterocycles. The van der Waals surface area contributed by atoms with Gasteiger partial charge in [0.25, 0.3) is 0 Å². The van der Waals surface area contributed by atoms with Crippen LogP contribution in [0.4, 0.5) is 32.0 Å². The molecule has 0 aromatic carbocycles. The van der Waals surface area contributed by atoms with Gasteiger partial charge in [0, 0.05) is 45.5 Å². The van der Waals surface area contributed by atoms with Gasteiger partial charge in [0.1, 0.15) is 0 Å². The molecule has 0 aliphatic heterocycles. The fraction of sp³-hybridized carbons (Fsp3) is 0.312. The Morgan fingerprint density at radius 1 is 0.867 bits per heavy atom. The number of nitrogens with zero attached hydrogens (tertiary/aromatic N) is 6. The van der Waals surface area contributed by atoms with Crippen LogP contribution in [0.5, 0.6) is 17.6 Å². The molecular formula is C16H14F6N6O2. The first-order chi connectivity index (χ1) is 13.8. The van der Waals surface area contributed by atoms with Gasteiger partial charge in [-0.1, -0.05) is 0 Å². The molecule has 0 unspecified atom stereocenters. The first kappa shape index (κ1) is 21.3. The van der Waals surface area contributed by atoms with E-state index >= 15 is 0 Å². The molecule has 0 aliphatic carbocycles. The zero-order valence-corrected chi connectivity index (χ0v) is 15.7. The Bertz CT molecular complexity index is 1040.